The van der Waals surface area contributed by atoms with Crippen molar-refractivity contribution in [2.45, 2.75) is 53.8 Å². The lowest BCUT2D eigenvalue weighted by atomic mass is 9.99. The predicted octanol–water partition coefficient (Wildman–Crippen LogP) is 3.09. The third kappa shape index (κ3) is 3.15. The normalized spacial score (nSPS) is 29.9. The number of rotatable bonds is 5. The highest BCUT2D eigenvalue weighted by Crippen LogP contribution is 2.42. The second-order valence-electron chi connectivity index (χ2n) is 5.91. The minimum absolute atomic E-state index is 0.131. The van der Waals surface area contributed by atoms with E-state index in [1.165, 1.54) is 36.7 Å². The fourth-order valence-corrected chi connectivity index (χ4v) is 4.22. The van der Waals surface area contributed by atoms with Gasteiger partial charge in [0.15, 0.2) is 0 Å². The molecule has 2 fully saturated rings. The lowest BCUT2D eigenvalue weighted by Crippen LogP contribution is -2.47. The number of thioether (sulfide) groups is 1. The maximum atomic E-state index is 13.7. The number of halogens is 2. The third-order valence-electron chi connectivity index (χ3n) is 4.14. The van der Waals surface area contributed by atoms with Gasteiger partial charge < -0.3 is 10.4 Å². The van der Waals surface area contributed by atoms with E-state index in [1.807, 2.05) is 0 Å². The first-order valence-electron chi connectivity index (χ1n) is 7.10. The summed E-state index contributed by atoms with van der Waals surface area (Å²) in [4.78, 5) is 0.497. The Labute approximate surface area is 122 Å². The van der Waals surface area contributed by atoms with Crippen molar-refractivity contribution in [1.82, 2.24) is 5.32 Å². The van der Waals surface area contributed by atoms with Gasteiger partial charge in [0, 0.05) is 27.8 Å². The summed E-state index contributed by atoms with van der Waals surface area (Å²) in [6.45, 7) is 0.131. The molecule has 2 nitrogen and oxygen atoms in total. The molecule has 0 radical (unpaired) electrons. The molecule has 2 unspecified atom stereocenters. The number of aliphatic hydroxyl groups excluding tert-OH is 1. The highest BCUT2D eigenvalue weighted by atomic mass is 32.2. The van der Waals surface area contributed by atoms with E-state index < -0.39 is 11.6 Å². The van der Waals surface area contributed by atoms with Gasteiger partial charge in [-0.1, -0.05) is 0 Å². The molecule has 0 heterocycles. The minimum atomic E-state index is -0.543. The maximum Gasteiger partial charge on any atom is 0.139 e. The molecule has 110 valence electrons. The second kappa shape index (κ2) is 5.62. The predicted molar refractivity (Wildman–Crippen MR) is 75.8 cm³/mol. The van der Waals surface area contributed by atoms with Crippen molar-refractivity contribution in [3.63, 3.8) is 0 Å². The molecule has 0 aromatic heterocycles. The highest BCUT2D eigenvalue weighted by molar-refractivity contribution is 8.00. The Balaban J connectivity index is 1.64. The van der Waals surface area contributed by atoms with Crippen LogP contribution in [-0.4, -0.2) is 28.5 Å². The van der Waals surface area contributed by atoms with E-state index in [-0.39, 0.29) is 17.4 Å². The number of hydrogen-bond donors (Lipinski definition) is 2. The van der Waals surface area contributed by atoms with Crippen LogP contribution in [0.4, 0.5) is 8.78 Å². The summed E-state index contributed by atoms with van der Waals surface area (Å²) in [5, 5.41) is 13.5. The number of hydrogen-bond acceptors (Lipinski definition) is 3. The molecule has 2 saturated carbocycles. The quantitative estimate of drug-likeness (QED) is 0.876. The van der Waals surface area contributed by atoms with E-state index >= 15 is 0 Å². The van der Waals surface area contributed by atoms with Crippen LogP contribution in [0.2, 0.25) is 0 Å². The zero-order chi connectivity index (χ0) is 14.2. The second-order valence-corrected chi connectivity index (χ2v) is 7.26. The fraction of sp³-hybridized carbons (Fsp3) is 0.600. The van der Waals surface area contributed by atoms with Gasteiger partial charge in [-0.25, -0.2) is 8.78 Å². The van der Waals surface area contributed by atoms with E-state index in [9.17, 15) is 13.9 Å². The summed E-state index contributed by atoms with van der Waals surface area (Å²) in [5.41, 5.74) is -0.199. The van der Waals surface area contributed by atoms with Gasteiger partial charge in [0.2, 0.25) is 0 Å². The van der Waals surface area contributed by atoms with Crippen LogP contribution in [0, 0.1) is 11.6 Å². The first-order chi connectivity index (χ1) is 9.60. The zero-order valence-electron chi connectivity index (χ0n) is 11.2. The van der Waals surface area contributed by atoms with Crippen LogP contribution in [0.25, 0.3) is 0 Å². The highest BCUT2D eigenvalue weighted by Gasteiger charge is 2.42. The molecule has 0 aliphatic heterocycles. The average molecular weight is 299 g/mol. The maximum absolute atomic E-state index is 13.7. The van der Waals surface area contributed by atoms with Crippen LogP contribution >= 0.6 is 11.8 Å². The van der Waals surface area contributed by atoms with Crippen LogP contribution in [0.1, 0.15) is 32.1 Å². The van der Waals surface area contributed by atoms with Gasteiger partial charge in [-0.3, -0.25) is 0 Å². The lowest BCUT2D eigenvalue weighted by Gasteiger charge is -2.28. The van der Waals surface area contributed by atoms with E-state index in [2.05, 4.69) is 5.32 Å². The molecule has 0 bridgehead atoms. The smallest absolute Gasteiger partial charge is 0.139 e. The summed E-state index contributed by atoms with van der Waals surface area (Å²) in [7, 11) is 0. The van der Waals surface area contributed by atoms with Crippen molar-refractivity contribution in [2.75, 3.05) is 6.61 Å². The van der Waals surface area contributed by atoms with Gasteiger partial charge in [0.1, 0.15) is 11.6 Å². The van der Waals surface area contributed by atoms with Crippen molar-refractivity contribution in [2.24, 2.45) is 0 Å². The monoisotopic (exact) mass is 299 g/mol. The van der Waals surface area contributed by atoms with Gasteiger partial charge in [-0.2, -0.15) is 0 Å². The van der Waals surface area contributed by atoms with Crippen LogP contribution in [0.3, 0.4) is 0 Å². The first kappa shape index (κ1) is 14.3. The molecule has 0 spiro atoms. The molecule has 3 rings (SSSR count). The summed E-state index contributed by atoms with van der Waals surface area (Å²) >= 11 is 1.46. The Hall–Kier alpha value is -0.650. The van der Waals surface area contributed by atoms with E-state index in [0.717, 1.165) is 25.3 Å². The number of aliphatic hydroxyl groups is 1. The van der Waals surface area contributed by atoms with Gasteiger partial charge in [-0.15, -0.1) is 11.8 Å². The Morgan fingerprint density at radius 3 is 2.75 bits per heavy atom. The first-order valence-corrected chi connectivity index (χ1v) is 7.98. The minimum Gasteiger partial charge on any atom is -0.394 e. The van der Waals surface area contributed by atoms with E-state index in [0.29, 0.717) is 10.9 Å². The molecule has 2 N–H and O–H groups in total. The van der Waals surface area contributed by atoms with Crippen LogP contribution in [0.15, 0.2) is 23.1 Å². The van der Waals surface area contributed by atoms with Gasteiger partial charge in [-0.05, 0) is 44.2 Å². The van der Waals surface area contributed by atoms with Gasteiger partial charge in [0.25, 0.3) is 0 Å². The SMILES string of the molecule is OCC1(NC2CC2)CCC(Sc2ccc(F)cc2F)C1. The number of nitrogens with one attached hydrogen (secondary N) is 1. The Kier molecular flexibility index (Phi) is 4.02. The Morgan fingerprint density at radius 2 is 2.10 bits per heavy atom. The van der Waals surface area contributed by atoms with Crippen molar-refractivity contribution in [1.29, 1.82) is 0 Å². The van der Waals surface area contributed by atoms with Crippen LogP contribution < -0.4 is 5.32 Å². The number of benzene rings is 1. The fourth-order valence-electron chi connectivity index (χ4n) is 2.91. The summed E-state index contributed by atoms with van der Waals surface area (Å²) in [6.07, 6.45) is 5.07. The molecule has 2 aliphatic carbocycles. The standard InChI is InChI=1S/C15H19F2NOS/c16-10-1-4-14(13(17)7-10)20-12-5-6-15(8-12,9-19)18-11-2-3-11/h1,4,7,11-12,18-19H,2-3,5-6,8-9H2. The molecule has 2 atom stereocenters. The summed E-state index contributed by atoms with van der Waals surface area (Å²) in [6, 6.07) is 4.28. The van der Waals surface area contributed by atoms with Crippen molar-refractivity contribution in [3.05, 3.63) is 29.8 Å². The molecular weight excluding hydrogens is 280 g/mol. The van der Waals surface area contributed by atoms with Gasteiger partial charge in [0.05, 0.1) is 6.61 Å². The zero-order valence-corrected chi connectivity index (χ0v) is 12.1. The van der Waals surface area contributed by atoms with E-state index in [4.69, 9.17) is 0 Å². The average Bonchev–Trinajstić information content (AvgIpc) is 3.13. The van der Waals surface area contributed by atoms with Crippen molar-refractivity contribution >= 4 is 11.8 Å². The van der Waals surface area contributed by atoms with E-state index in [1.54, 1.807) is 0 Å². The molecule has 2 aliphatic rings. The molecular formula is C15H19F2NOS. The topological polar surface area (TPSA) is 32.3 Å². The van der Waals surface area contributed by atoms with Crippen molar-refractivity contribution < 1.29 is 13.9 Å². The molecule has 0 saturated heterocycles. The molecule has 20 heavy (non-hydrogen) atoms. The van der Waals surface area contributed by atoms with Crippen molar-refractivity contribution in [3.8, 4) is 0 Å². The lowest BCUT2D eigenvalue weighted by molar-refractivity contribution is 0.163. The molecule has 0 amide bonds. The van der Waals surface area contributed by atoms with Gasteiger partial charge >= 0.3 is 0 Å². The summed E-state index contributed by atoms with van der Waals surface area (Å²) in [5.74, 6) is -1.04. The third-order valence-corrected chi connectivity index (χ3v) is 5.46. The molecule has 1 aromatic rings. The van der Waals surface area contributed by atoms with Crippen LogP contribution in [0.5, 0.6) is 0 Å². The van der Waals surface area contributed by atoms with Crippen LogP contribution in [-0.2, 0) is 0 Å². The Morgan fingerprint density at radius 1 is 1.30 bits per heavy atom. The molecule has 5 heteroatoms. The molecule has 1 aromatic carbocycles. The Bertz CT molecular complexity index is 495. The largest absolute Gasteiger partial charge is 0.394 e. The summed E-state index contributed by atoms with van der Waals surface area (Å²) < 4.78 is 26.6.